The van der Waals surface area contributed by atoms with Crippen LogP contribution in [0.4, 0.5) is 0 Å². The fraction of sp³-hybridized carbons (Fsp3) is 0. The normalized spacial score (nSPS) is 25.2. The number of benzene rings is 4. The predicted molar refractivity (Wildman–Crippen MR) is 131 cm³/mol. The summed E-state index contributed by atoms with van der Waals surface area (Å²) in [4.78, 5) is 0. The summed E-state index contributed by atoms with van der Waals surface area (Å²) >= 11 is 16.2. The molecule has 1 fully saturated rings. The fourth-order valence-electron chi connectivity index (χ4n) is 3.36. The van der Waals surface area contributed by atoms with Crippen LogP contribution < -0.4 is 10.6 Å². The van der Waals surface area contributed by atoms with Crippen molar-refractivity contribution >= 4 is 86.7 Å². The van der Waals surface area contributed by atoms with Crippen molar-refractivity contribution in [2.24, 2.45) is 0 Å². The topological polar surface area (TPSA) is 0 Å². The molecule has 0 nitrogen and oxygen atoms in total. The molecule has 0 saturated carbocycles. The molecule has 1 saturated heterocycles. The molecule has 0 aromatic heterocycles. The quantitative estimate of drug-likeness (QED) is 0.304. The minimum absolute atomic E-state index is 1.26. The summed E-state index contributed by atoms with van der Waals surface area (Å²) in [6.07, 6.45) is 0. The molecule has 1 heterocycles. The minimum atomic E-state index is -1.74. The molecule has 0 unspecified atom stereocenters. The molecule has 128 valence electrons. The Morgan fingerprint density at radius 2 is 0.885 bits per heavy atom. The number of rotatable bonds is 2. The van der Waals surface area contributed by atoms with Crippen LogP contribution in [0.3, 0.4) is 0 Å². The molecular weight excluding hydrogens is 430 g/mol. The van der Waals surface area contributed by atoms with Crippen molar-refractivity contribution in [3.8, 4) is 0 Å². The second-order valence-corrected chi connectivity index (χ2v) is 27.4. The highest BCUT2D eigenvalue weighted by Crippen LogP contribution is 3.04. The zero-order valence-electron chi connectivity index (χ0n) is 13.6. The van der Waals surface area contributed by atoms with E-state index in [2.05, 4.69) is 84.9 Å². The first-order valence-corrected chi connectivity index (χ1v) is 17.8. The Kier molecular flexibility index (Phi) is 4.36. The highest BCUT2D eigenvalue weighted by Gasteiger charge is 2.47. The molecule has 1 aliphatic rings. The van der Waals surface area contributed by atoms with Gasteiger partial charge < -0.3 is 0 Å². The van der Waals surface area contributed by atoms with Crippen LogP contribution in [0, 0.1) is 0 Å². The SMILES string of the molecule is S=P1(c2cccc3ccccc23)SP(=S)(c2cccc3ccccc23)S1. The standard InChI is InChI=1S/C20H14P2S4/c23-21(19-13-5-9-15-7-1-3-11-17(15)19)25-22(24,26-21)20-14-6-10-16-8-2-4-12-18(16)20/h1-14H. The maximum Gasteiger partial charge on any atom is 0.0971 e. The fourth-order valence-corrected chi connectivity index (χ4v) is 46.5. The van der Waals surface area contributed by atoms with Crippen LogP contribution in [0.5, 0.6) is 0 Å². The number of fused-ring (bicyclic) bond motifs is 2. The molecule has 0 N–H and O–H groups in total. The van der Waals surface area contributed by atoms with Crippen LogP contribution in [0.2, 0.25) is 0 Å². The second-order valence-electron chi connectivity index (χ2n) is 6.15. The molecule has 6 heteroatoms. The predicted octanol–water partition coefficient (Wildman–Crippen LogP) is 7.04. The first kappa shape index (κ1) is 17.5. The highest BCUT2D eigenvalue weighted by molar-refractivity contribution is 9.48. The first-order chi connectivity index (χ1) is 12.6. The summed E-state index contributed by atoms with van der Waals surface area (Å²) in [5.41, 5.74) is 0. The molecule has 0 bridgehead atoms. The van der Waals surface area contributed by atoms with E-state index in [9.17, 15) is 0 Å². The van der Waals surface area contributed by atoms with Gasteiger partial charge in [-0.25, -0.2) is 0 Å². The summed E-state index contributed by atoms with van der Waals surface area (Å²) in [5, 5.41) is 7.75. The number of hydrogen-bond acceptors (Lipinski definition) is 4. The molecule has 1 aliphatic heterocycles. The summed E-state index contributed by atoms with van der Waals surface area (Å²) < 4.78 is -3.49. The summed E-state index contributed by atoms with van der Waals surface area (Å²) in [6, 6.07) is 30.1. The van der Waals surface area contributed by atoms with Crippen molar-refractivity contribution in [3.63, 3.8) is 0 Å². The number of hydrogen-bond donors (Lipinski definition) is 0. The molecule has 0 spiro atoms. The Bertz CT molecular complexity index is 1140. The van der Waals surface area contributed by atoms with E-state index in [-0.39, 0.29) is 0 Å². The first-order valence-electron chi connectivity index (χ1n) is 8.19. The molecule has 0 atom stereocenters. The van der Waals surface area contributed by atoms with Crippen LogP contribution in [0.1, 0.15) is 0 Å². The highest BCUT2D eigenvalue weighted by atomic mass is 33.7. The van der Waals surface area contributed by atoms with Gasteiger partial charge in [-0.3, -0.25) is 0 Å². The van der Waals surface area contributed by atoms with Gasteiger partial charge in [-0.1, -0.05) is 131 Å². The van der Waals surface area contributed by atoms with Gasteiger partial charge in [0.1, 0.15) is 0 Å². The Labute approximate surface area is 170 Å². The molecule has 0 aliphatic carbocycles. The van der Waals surface area contributed by atoms with Crippen LogP contribution in [-0.4, -0.2) is 0 Å². The van der Waals surface area contributed by atoms with Crippen molar-refractivity contribution in [2.45, 2.75) is 0 Å². The molecule has 5 rings (SSSR count). The average molecular weight is 445 g/mol. The lowest BCUT2D eigenvalue weighted by molar-refractivity contribution is 1.78. The van der Waals surface area contributed by atoms with Gasteiger partial charge in [-0.15, -0.1) is 0 Å². The minimum Gasteiger partial charge on any atom is -0.0685 e. The molecule has 0 radical (unpaired) electrons. The molecular formula is C20H14P2S4. The molecule has 4 aromatic rings. The van der Waals surface area contributed by atoms with E-state index in [4.69, 9.17) is 23.6 Å². The van der Waals surface area contributed by atoms with E-state index >= 15 is 0 Å². The van der Waals surface area contributed by atoms with Gasteiger partial charge in [0.05, 0.1) is 8.88 Å². The van der Waals surface area contributed by atoms with Crippen LogP contribution in [0.25, 0.3) is 21.5 Å². The monoisotopic (exact) mass is 444 g/mol. The van der Waals surface area contributed by atoms with Gasteiger partial charge in [0.15, 0.2) is 0 Å². The Hall–Kier alpha value is -0.600. The lowest BCUT2D eigenvalue weighted by Crippen LogP contribution is -2.10. The Morgan fingerprint density at radius 1 is 0.500 bits per heavy atom. The molecule has 26 heavy (non-hydrogen) atoms. The van der Waals surface area contributed by atoms with Crippen LogP contribution >= 0.6 is 30.9 Å². The van der Waals surface area contributed by atoms with E-state index in [1.807, 2.05) is 22.0 Å². The second kappa shape index (κ2) is 6.48. The van der Waals surface area contributed by atoms with Gasteiger partial charge in [-0.2, -0.15) is 0 Å². The van der Waals surface area contributed by atoms with Crippen LogP contribution in [-0.2, 0) is 23.6 Å². The average Bonchev–Trinajstić information content (AvgIpc) is 2.66. The van der Waals surface area contributed by atoms with E-state index in [1.54, 1.807) is 0 Å². The smallest absolute Gasteiger partial charge is 0.0685 e. The van der Waals surface area contributed by atoms with Crippen molar-refractivity contribution < 1.29 is 0 Å². The molecule has 4 aromatic carbocycles. The largest absolute Gasteiger partial charge is 0.0971 e. The van der Waals surface area contributed by atoms with E-state index < -0.39 is 8.88 Å². The Balaban J connectivity index is 1.60. The maximum atomic E-state index is 6.20. The third kappa shape index (κ3) is 2.75. The van der Waals surface area contributed by atoms with Gasteiger partial charge in [-0.05, 0) is 21.5 Å². The summed E-state index contributed by atoms with van der Waals surface area (Å²) in [7, 11) is 0. The van der Waals surface area contributed by atoms with Crippen LogP contribution in [0.15, 0.2) is 84.9 Å². The van der Waals surface area contributed by atoms with E-state index in [0.29, 0.717) is 0 Å². The lowest BCUT2D eigenvalue weighted by atomic mass is 10.1. The third-order valence-electron chi connectivity index (χ3n) is 4.55. The van der Waals surface area contributed by atoms with Crippen molar-refractivity contribution in [2.75, 3.05) is 0 Å². The third-order valence-corrected chi connectivity index (χ3v) is 35.6. The van der Waals surface area contributed by atoms with E-state index in [0.717, 1.165) is 0 Å². The van der Waals surface area contributed by atoms with Crippen molar-refractivity contribution in [3.05, 3.63) is 84.9 Å². The van der Waals surface area contributed by atoms with Gasteiger partial charge >= 0.3 is 0 Å². The lowest BCUT2D eigenvalue weighted by Gasteiger charge is -2.41. The zero-order valence-corrected chi connectivity index (χ0v) is 18.7. The Morgan fingerprint density at radius 3 is 1.35 bits per heavy atom. The van der Waals surface area contributed by atoms with Gasteiger partial charge in [0, 0.05) is 10.6 Å². The molecule has 0 amide bonds. The zero-order chi connectivity index (χ0) is 17.8. The van der Waals surface area contributed by atoms with Crippen molar-refractivity contribution in [1.29, 1.82) is 0 Å². The van der Waals surface area contributed by atoms with Gasteiger partial charge in [0.2, 0.25) is 0 Å². The van der Waals surface area contributed by atoms with E-state index in [1.165, 1.54) is 32.2 Å². The van der Waals surface area contributed by atoms with Gasteiger partial charge in [0.25, 0.3) is 0 Å². The van der Waals surface area contributed by atoms with Crippen molar-refractivity contribution in [1.82, 2.24) is 0 Å². The summed E-state index contributed by atoms with van der Waals surface area (Å²) in [6.45, 7) is 0. The summed E-state index contributed by atoms with van der Waals surface area (Å²) in [5.74, 6) is 0. The maximum absolute atomic E-state index is 6.20.